The molecule has 1 rings (SSSR count). The molecule has 15 heavy (non-hydrogen) atoms. The Kier molecular flexibility index (Phi) is 6.22. The van der Waals surface area contributed by atoms with E-state index < -0.39 is 0 Å². The van der Waals surface area contributed by atoms with Crippen molar-refractivity contribution in [1.29, 1.82) is 0 Å². The number of methoxy groups -OCH3 is 1. The van der Waals surface area contributed by atoms with Crippen LogP contribution in [-0.4, -0.2) is 32.8 Å². The predicted octanol–water partition coefficient (Wildman–Crippen LogP) is 1.38. The highest BCUT2D eigenvalue weighted by Gasteiger charge is 2.27. The van der Waals surface area contributed by atoms with Gasteiger partial charge in [-0.15, -0.1) is 0 Å². The summed E-state index contributed by atoms with van der Waals surface area (Å²) < 4.78 is 5.21. The lowest BCUT2D eigenvalue weighted by Gasteiger charge is -2.20. The van der Waals surface area contributed by atoms with Gasteiger partial charge in [0.05, 0.1) is 6.61 Å². The second-order valence-corrected chi connectivity index (χ2v) is 4.81. The Morgan fingerprint density at radius 3 is 2.73 bits per heavy atom. The molecule has 0 aromatic rings. The van der Waals surface area contributed by atoms with Crippen molar-refractivity contribution < 1.29 is 4.74 Å². The van der Waals surface area contributed by atoms with Crippen LogP contribution in [0.3, 0.4) is 0 Å². The van der Waals surface area contributed by atoms with Gasteiger partial charge in [-0.3, -0.25) is 0 Å². The van der Waals surface area contributed by atoms with Crippen molar-refractivity contribution in [3.05, 3.63) is 0 Å². The molecule has 1 aliphatic carbocycles. The quantitative estimate of drug-likeness (QED) is 0.609. The van der Waals surface area contributed by atoms with Crippen LogP contribution in [0.5, 0.6) is 0 Å². The molecule has 3 N–H and O–H groups in total. The van der Waals surface area contributed by atoms with E-state index >= 15 is 0 Å². The third-order valence-corrected chi connectivity index (χ3v) is 3.28. The molecule has 1 fully saturated rings. The number of nitrogens with one attached hydrogen (secondary N) is 1. The lowest BCUT2D eigenvalue weighted by atomic mass is 10.1. The Morgan fingerprint density at radius 1 is 1.47 bits per heavy atom. The smallest absolute Gasteiger partial charge is 0.0615 e. The van der Waals surface area contributed by atoms with Crippen molar-refractivity contribution in [2.45, 2.75) is 38.6 Å². The Bertz CT molecular complexity index is 160. The van der Waals surface area contributed by atoms with Crippen molar-refractivity contribution in [1.82, 2.24) is 5.32 Å². The van der Waals surface area contributed by atoms with Crippen LogP contribution in [-0.2, 0) is 4.74 Å². The Labute approximate surface area is 93.8 Å². The van der Waals surface area contributed by atoms with Crippen LogP contribution in [0.15, 0.2) is 0 Å². The molecular formula is C12H26N2O. The molecule has 90 valence electrons. The van der Waals surface area contributed by atoms with Gasteiger partial charge in [0.15, 0.2) is 0 Å². The third kappa shape index (κ3) is 5.50. The lowest BCUT2D eigenvalue weighted by Crippen LogP contribution is -2.37. The first-order chi connectivity index (χ1) is 7.27. The molecule has 0 amide bonds. The van der Waals surface area contributed by atoms with Crippen molar-refractivity contribution in [2.75, 3.05) is 26.8 Å². The zero-order chi connectivity index (χ0) is 11.1. The summed E-state index contributed by atoms with van der Waals surface area (Å²) in [6.45, 7) is 5.05. The normalized spacial score (nSPS) is 20.2. The van der Waals surface area contributed by atoms with E-state index in [1.54, 1.807) is 7.11 Å². The van der Waals surface area contributed by atoms with Gasteiger partial charge in [0.25, 0.3) is 0 Å². The largest absolute Gasteiger partial charge is 0.383 e. The average molecular weight is 214 g/mol. The Balaban J connectivity index is 2.11. The first-order valence-electron chi connectivity index (χ1n) is 6.20. The SMILES string of the molecule is COCC(CCCN)NCC(C)C1CC1. The Hall–Kier alpha value is -0.120. The summed E-state index contributed by atoms with van der Waals surface area (Å²) in [7, 11) is 1.77. The maximum Gasteiger partial charge on any atom is 0.0615 e. The highest BCUT2D eigenvalue weighted by atomic mass is 16.5. The Morgan fingerprint density at radius 2 is 2.20 bits per heavy atom. The summed E-state index contributed by atoms with van der Waals surface area (Å²) in [5.41, 5.74) is 5.52. The van der Waals surface area contributed by atoms with Gasteiger partial charge in [0, 0.05) is 13.2 Å². The van der Waals surface area contributed by atoms with E-state index in [2.05, 4.69) is 12.2 Å². The maximum absolute atomic E-state index is 5.52. The third-order valence-electron chi connectivity index (χ3n) is 3.28. The van der Waals surface area contributed by atoms with Crippen LogP contribution < -0.4 is 11.1 Å². The molecule has 0 aromatic heterocycles. The fourth-order valence-electron chi connectivity index (χ4n) is 1.99. The number of hydrogen-bond acceptors (Lipinski definition) is 3. The fourth-order valence-corrected chi connectivity index (χ4v) is 1.99. The highest BCUT2D eigenvalue weighted by molar-refractivity contribution is 4.81. The van der Waals surface area contributed by atoms with Crippen LogP contribution in [0.4, 0.5) is 0 Å². The van der Waals surface area contributed by atoms with E-state index in [0.717, 1.165) is 44.4 Å². The summed E-state index contributed by atoms with van der Waals surface area (Å²) in [5.74, 6) is 1.80. The van der Waals surface area contributed by atoms with Crippen molar-refractivity contribution in [3.63, 3.8) is 0 Å². The average Bonchev–Trinajstić information content (AvgIpc) is 3.05. The molecule has 0 radical (unpaired) electrons. The minimum atomic E-state index is 0.486. The molecule has 0 spiro atoms. The van der Waals surface area contributed by atoms with E-state index in [4.69, 9.17) is 10.5 Å². The maximum atomic E-state index is 5.52. The topological polar surface area (TPSA) is 47.3 Å². The minimum Gasteiger partial charge on any atom is -0.383 e. The van der Waals surface area contributed by atoms with E-state index in [1.165, 1.54) is 12.8 Å². The summed E-state index contributed by atoms with van der Waals surface area (Å²) >= 11 is 0. The summed E-state index contributed by atoms with van der Waals surface area (Å²) in [4.78, 5) is 0. The van der Waals surface area contributed by atoms with E-state index in [0.29, 0.717) is 6.04 Å². The monoisotopic (exact) mass is 214 g/mol. The highest BCUT2D eigenvalue weighted by Crippen LogP contribution is 2.36. The van der Waals surface area contributed by atoms with Crippen LogP contribution in [0.2, 0.25) is 0 Å². The molecule has 0 bridgehead atoms. The number of nitrogens with two attached hydrogens (primary N) is 1. The van der Waals surface area contributed by atoms with Crippen molar-refractivity contribution in [3.8, 4) is 0 Å². The summed E-state index contributed by atoms with van der Waals surface area (Å²) in [6.07, 6.45) is 5.07. The number of rotatable bonds is 9. The zero-order valence-electron chi connectivity index (χ0n) is 10.2. The summed E-state index contributed by atoms with van der Waals surface area (Å²) in [6, 6.07) is 0.486. The van der Waals surface area contributed by atoms with Gasteiger partial charge in [-0.05, 0) is 50.6 Å². The van der Waals surface area contributed by atoms with Crippen LogP contribution in [0.25, 0.3) is 0 Å². The van der Waals surface area contributed by atoms with Gasteiger partial charge >= 0.3 is 0 Å². The molecule has 0 aliphatic heterocycles. The van der Waals surface area contributed by atoms with Crippen LogP contribution >= 0.6 is 0 Å². The molecule has 0 saturated heterocycles. The van der Waals surface area contributed by atoms with E-state index in [-0.39, 0.29) is 0 Å². The second kappa shape index (κ2) is 7.20. The molecule has 3 heteroatoms. The van der Waals surface area contributed by atoms with Gasteiger partial charge in [0.1, 0.15) is 0 Å². The van der Waals surface area contributed by atoms with E-state index in [1.807, 2.05) is 0 Å². The predicted molar refractivity (Wildman–Crippen MR) is 63.8 cm³/mol. The first kappa shape index (κ1) is 12.9. The fraction of sp³-hybridized carbons (Fsp3) is 1.00. The van der Waals surface area contributed by atoms with Crippen molar-refractivity contribution >= 4 is 0 Å². The zero-order valence-corrected chi connectivity index (χ0v) is 10.2. The minimum absolute atomic E-state index is 0.486. The van der Waals surface area contributed by atoms with Gasteiger partial charge in [-0.2, -0.15) is 0 Å². The van der Waals surface area contributed by atoms with Crippen LogP contribution in [0, 0.1) is 11.8 Å². The first-order valence-corrected chi connectivity index (χ1v) is 6.20. The standard InChI is InChI=1S/C12H26N2O/c1-10(11-5-6-11)8-14-12(9-15-2)4-3-7-13/h10-12,14H,3-9,13H2,1-2H3. The molecule has 1 aliphatic rings. The molecule has 2 atom stereocenters. The number of hydrogen-bond donors (Lipinski definition) is 2. The molecule has 3 nitrogen and oxygen atoms in total. The van der Waals surface area contributed by atoms with E-state index in [9.17, 15) is 0 Å². The van der Waals surface area contributed by atoms with Gasteiger partial charge in [-0.1, -0.05) is 6.92 Å². The molecule has 0 heterocycles. The van der Waals surface area contributed by atoms with Gasteiger partial charge in [-0.25, -0.2) is 0 Å². The van der Waals surface area contributed by atoms with Gasteiger partial charge < -0.3 is 15.8 Å². The second-order valence-electron chi connectivity index (χ2n) is 4.81. The van der Waals surface area contributed by atoms with Crippen molar-refractivity contribution in [2.24, 2.45) is 17.6 Å². The van der Waals surface area contributed by atoms with Crippen LogP contribution in [0.1, 0.15) is 32.6 Å². The van der Waals surface area contributed by atoms with Gasteiger partial charge in [0.2, 0.25) is 0 Å². The molecule has 1 saturated carbocycles. The lowest BCUT2D eigenvalue weighted by molar-refractivity contribution is 0.159. The molecule has 0 aromatic carbocycles. The molecule has 2 unspecified atom stereocenters. The number of ether oxygens (including phenoxy) is 1. The molecular weight excluding hydrogens is 188 g/mol. The summed E-state index contributed by atoms with van der Waals surface area (Å²) in [5, 5.41) is 3.60.